The van der Waals surface area contributed by atoms with Crippen LogP contribution in [0.4, 0.5) is 5.69 Å². The van der Waals surface area contributed by atoms with E-state index in [0.29, 0.717) is 10.6 Å². The minimum Gasteiger partial charge on any atom is -0.269 e. The highest BCUT2D eigenvalue weighted by atomic mass is 32.2. The van der Waals surface area contributed by atoms with Crippen LogP contribution in [0.25, 0.3) is 11.1 Å². The van der Waals surface area contributed by atoms with E-state index in [4.69, 9.17) is 0 Å². The second-order valence-electron chi connectivity index (χ2n) is 6.46. The van der Waals surface area contributed by atoms with Crippen LogP contribution in [0.2, 0.25) is 0 Å². The van der Waals surface area contributed by atoms with Crippen molar-refractivity contribution >= 4 is 15.7 Å². The number of fused-ring (bicyclic) bond motifs is 3. The Morgan fingerprint density at radius 1 is 0.840 bits per heavy atom. The highest BCUT2D eigenvalue weighted by Crippen LogP contribution is 2.38. The van der Waals surface area contributed by atoms with E-state index in [1.54, 1.807) is 19.2 Å². The number of hydrogen-bond acceptors (Lipinski definition) is 2. The van der Waals surface area contributed by atoms with Gasteiger partial charge in [0.15, 0.2) is 0 Å². The zero-order valence-electron chi connectivity index (χ0n) is 14.2. The molecule has 126 valence electrons. The molecular formula is C21H19NO2S. The van der Waals surface area contributed by atoms with Crippen LogP contribution in [-0.4, -0.2) is 15.5 Å². The minimum absolute atomic E-state index is 0.310. The highest BCUT2D eigenvalue weighted by Gasteiger charge is 2.24. The number of nitrogens with zero attached hydrogens (tertiary/aromatic N) is 1. The average molecular weight is 349 g/mol. The maximum Gasteiger partial charge on any atom is 0.264 e. The Kier molecular flexibility index (Phi) is 3.65. The molecule has 0 N–H and O–H groups in total. The number of anilines is 1. The summed E-state index contributed by atoms with van der Waals surface area (Å²) >= 11 is 0. The molecule has 0 heterocycles. The largest absolute Gasteiger partial charge is 0.269 e. The molecule has 1 aliphatic rings. The summed E-state index contributed by atoms with van der Waals surface area (Å²) in [4.78, 5) is 0.310. The molecule has 4 heteroatoms. The number of benzene rings is 3. The Morgan fingerprint density at radius 3 is 2.28 bits per heavy atom. The first-order chi connectivity index (χ1) is 12.0. The third kappa shape index (κ3) is 2.63. The summed E-state index contributed by atoms with van der Waals surface area (Å²) < 4.78 is 27.1. The molecular weight excluding hydrogens is 330 g/mol. The molecule has 0 spiro atoms. The maximum absolute atomic E-state index is 12.9. The zero-order chi connectivity index (χ0) is 17.6. The molecule has 4 rings (SSSR count). The molecule has 0 aromatic heterocycles. The van der Waals surface area contributed by atoms with E-state index in [-0.39, 0.29) is 0 Å². The van der Waals surface area contributed by atoms with Crippen molar-refractivity contribution in [1.29, 1.82) is 0 Å². The van der Waals surface area contributed by atoms with E-state index in [1.165, 1.54) is 26.6 Å². The Labute approximate surface area is 148 Å². The van der Waals surface area contributed by atoms with Crippen LogP contribution in [0.5, 0.6) is 0 Å². The Bertz CT molecular complexity index is 1050. The summed E-state index contributed by atoms with van der Waals surface area (Å²) in [7, 11) is -1.95. The molecule has 25 heavy (non-hydrogen) atoms. The topological polar surface area (TPSA) is 37.4 Å². The van der Waals surface area contributed by atoms with Gasteiger partial charge in [-0.25, -0.2) is 8.42 Å². The summed E-state index contributed by atoms with van der Waals surface area (Å²) in [5.41, 5.74) is 6.63. The molecule has 0 radical (unpaired) electrons. The third-order valence-corrected chi connectivity index (χ3v) is 6.62. The molecule has 3 aromatic carbocycles. The lowest BCUT2D eigenvalue weighted by Gasteiger charge is -2.20. The summed E-state index contributed by atoms with van der Waals surface area (Å²) in [6, 6.07) is 21.2. The molecule has 1 aliphatic carbocycles. The van der Waals surface area contributed by atoms with Gasteiger partial charge in [0.25, 0.3) is 10.0 Å². The first-order valence-electron chi connectivity index (χ1n) is 8.23. The van der Waals surface area contributed by atoms with E-state index in [0.717, 1.165) is 12.0 Å². The summed E-state index contributed by atoms with van der Waals surface area (Å²) in [5, 5.41) is 0. The highest BCUT2D eigenvalue weighted by molar-refractivity contribution is 7.92. The number of sulfonamides is 1. The Balaban J connectivity index is 1.71. The Morgan fingerprint density at radius 2 is 1.52 bits per heavy atom. The van der Waals surface area contributed by atoms with Gasteiger partial charge in [0.1, 0.15) is 0 Å². The average Bonchev–Trinajstić information content (AvgIpc) is 2.99. The van der Waals surface area contributed by atoms with Crippen molar-refractivity contribution in [2.24, 2.45) is 0 Å². The van der Waals surface area contributed by atoms with Crippen molar-refractivity contribution in [1.82, 2.24) is 0 Å². The fourth-order valence-electron chi connectivity index (χ4n) is 3.33. The lowest BCUT2D eigenvalue weighted by atomic mass is 10.1. The number of rotatable bonds is 3. The lowest BCUT2D eigenvalue weighted by molar-refractivity contribution is 0.594. The second-order valence-corrected chi connectivity index (χ2v) is 8.43. The van der Waals surface area contributed by atoms with Gasteiger partial charge >= 0.3 is 0 Å². The molecule has 0 fully saturated rings. The van der Waals surface area contributed by atoms with E-state index >= 15 is 0 Å². The Hall–Kier alpha value is -2.59. The maximum atomic E-state index is 12.9. The number of aryl methyl sites for hydroxylation is 1. The van der Waals surface area contributed by atoms with Gasteiger partial charge in [0.2, 0.25) is 0 Å². The van der Waals surface area contributed by atoms with E-state index in [2.05, 4.69) is 12.1 Å². The van der Waals surface area contributed by atoms with Gasteiger partial charge in [-0.1, -0.05) is 48.0 Å². The van der Waals surface area contributed by atoms with Gasteiger partial charge in [-0.05, 0) is 59.9 Å². The van der Waals surface area contributed by atoms with Crippen molar-refractivity contribution in [3.05, 3.63) is 83.4 Å². The van der Waals surface area contributed by atoms with Crippen LogP contribution in [-0.2, 0) is 16.4 Å². The first-order valence-corrected chi connectivity index (χ1v) is 9.67. The third-order valence-electron chi connectivity index (χ3n) is 4.82. The predicted octanol–water partition coefficient (Wildman–Crippen LogP) is 4.39. The summed E-state index contributed by atoms with van der Waals surface area (Å²) in [6.07, 6.45) is 0.845. The molecule has 0 unspecified atom stereocenters. The fourth-order valence-corrected chi connectivity index (χ4v) is 4.52. The molecule has 0 saturated carbocycles. The lowest BCUT2D eigenvalue weighted by Crippen LogP contribution is -2.26. The van der Waals surface area contributed by atoms with Gasteiger partial charge in [-0.15, -0.1) is 0 Å². The van der Waals surface area contributed by atoms with Crippen molar-refractivity contribution in [2.75, 3.05) is 11.4 Å². The van der Waals surface area contributed by atoms with Crippen molar-refractivity contribution < 1.29 is 8.42 Å². The smallest absolute Gasteiger partial charge is 0.264 e. The van der Waals surface area contributed by atoms with Gasteiger partial charge in [0.05, 0.1) is 10.6 Å². The fraction of sp³-hybridized carbons (Fsp3) is 0.143. The standard InChI is InChI=1S/C21H19NO2S/c1-15-7-10-19(11-8-15)25(23,24)22(2)18-9-12-21-17(14-18)13-16-5-3-4-6-20(16)21/h3-12,14H,13H2,1-2H3. The van der Waals surface area contributed by atoms with E-state index in [9.17, 15) is 8.42 Å². The molecule has 0 aliphatic heterocycles. The van der Waals surface area contributed by atoms with Crippen LogP contribution in [0, 0.1) is 6.92 Å². The van der Waals surface area contributed by atoms with Crippen LogP contribution >= 0.6 is 0 Å². The van der Waals surface area contributed by atoms with Gasteiger partial charge < -0.3 is 0 Å². The normalized spacial score (nSPS) is 12.6. The van der Waals surface area contributed by atoms with Crippen molar-refractivity contribution in [3.63, 3.8) is 0 Å². The monoisotopic (exact) mass is 349 g/mol. The van der Waals surface area contributed by atoms with Crippen LogP contribution in [0.1, 0.15) is 16.7 Å². The molecule has 0 atom stereocenters. The number of hydrogen-bond donors (Lipinski definition) is 0. The molecule has 3 nitrogen and oxygen atoms in total. The van der Waals surface area contributed by atoms with Crippen molar-refractivity contribution in [2.45, 2.75) is 18.2 Å². The van der Waals surface area contributed by atoms with Crippen LogP contribution < -0.4 is 4.31 Å². The molecule has 3 aromatic rings. The van der Waals surface area contributed by atoms with E-state index < -0.39 is 10.0 Å². The van der Waals surface area contributed by atoms with Crippen LogP contribution in [0.15, 0.2) is 71.6 Å². The molecule has 0 amide bonds. The van der Waals surface area contributed by atoms with Crippen LogP contribution in [0.3, 0.4) is 0 Å². The first kappa shape index (κ1) is 15.9. The summed E-state index contributed by atoms with van der Waals surface area (Å²) in [5.74, 6) is 0. The minimum atomic E-state index is -3.56. The van der Waals surface area contributed by atoms with Gasteiger partial charge in [-0.2, -0.15) is 0 Å². The summed E-state index contributed by atoms with van der Waals surface area (Å²) in [6.45, 7) is 1.94. The van der Waals surface area contributed by atoms with Gasteiger partial charge in [0, 0.05) is 7.05 Å². The van der Waals surface area contributed by atoms with Crippen molar-refractivity contribution in [3.8, 4) is 11.1 Å². The molecule has 0 bridgehead atoms. The second kappa shape index (κ2) is 5.74. The zero-order valence-corrected chi connectivity index (χ0v) is 15.0. The quantitative estimate of drug-likeness (QED) is 0.550. The predicted molar refractivity (Wildman–Crippen MR) is 101 cm³/mol. The molecule has 0 saturated heterocycles. The van der Waals surface area contributed by atoms with Gasteiger partial charge in [-0.3, -0.25) is 4.31 Å². The SMILES string of the molecule is Cc1ccc(S(=O)(=O)N(C)c2ccc3c(c2)Cc2ccccc2-3)cc1. The van der Waals surface area contributed by atoms with E-state index in [1.807, 2.05) is 49.4 Å².